The van der Waals surface area contributed by atoms with Crippen molar-refractivity contribution in [3.05, 3.63) is 42.0 Å². The lowest BCUT2D eigenvalue weighted by Crippen LogP contribution is -2.44. The van der Waals surface area contributed by atoms with Crippen molar-refractivity contribution in [3.63, 3.8) is 0 Å². The molecule has 0 radical (unpaired) electrons. The van der Waals surface area contributed by atoms with Gasteiger partial charge in [-0.25, -0.2) is 0 Å². The van der Waals surface area contributed by atoms with Gasteiger partial charge in [-0.1, -0.05) is 24.3 Å². The van der Waals surface area contributed by atoms with Crippen molar-refractivity contribution in [1.82, 2.24) is 5.32 Å². The molecule has 1 saturated carbocycles. The molecule has 18 heavy (non-hydrogen) atoms. The summed E-state index contributed by atoms with van der Waals surface area (Å²) in [6.45, 7) is 0. The molecular formula is C16H21NO. The van der Waals surface area contributed by atoms with E-state index in [2.05, 4.69) is 41.7 Å². The molecule has 0 bridgehead atoms. The normalized spacial score (nSPS) is 27.2. The van der Waals surface area contributed by atoms with Gasteiger partial charge in [-0.15, -0.1) is 0 Å². The summed E-state index contributed by atoms with van der Waals surface area (Å²) in [6, 6.07) is 9.97. The van der Waals surface area contributed by atoms with Gasteiger partial charge in [0.1, 0.15) is 5.75 Å². The Bertz CT molecular complexity index is 409. The van der Waals surface area contributed by atoms with Gasteiger partial charge in [0.15, 0.2) is 0 Å². The molecule has 1 fully saturated rings. The zero-order chi connectivity index (χ0) is 12.4. The van der Waals surface area contributed by atoms with Gasteiger partial charge in [-0.3, -0.25) is 0 Å². The number of hydrogen-bond acceptors (Lipinski definition) is 2. The minimum absolute atomic E-state index is 0.701. The Labute approximate surface area is 109 Å². The molecule has 1 aromatic carbocycles. The highest BCUT2D eigenvalue weighted by Gasteiger charge is 2.31. The van der Waals surface area contributed by atoms with E-state index in [1.54, 1.807) is 7.11 Å². The fourth-order valence-corrected chi connectivity index (χ4v) is 2.99. The van der Waals surface area contributed by atoms with Crippen LogP contribution in [0.25, 0.3) is 0 Å². The molecule has 0 aromatic heterocycles. The molecule has 0 heterocycles. The summed E-state index contributed by atoms with van der Waals surface area (Å²) in [4.78, 5) is 0. The zero-order valence-electron chi connectivity index (χ0n) is 10.9. The number of hydrogen-bond donors (Lipinski definition) is 1. The second kappa shape index (κ2) is 5.15. The second-order valence-corrected chi connectivity index (χ2v) is 5.44. The summed E-state index contributed by atoms with van der Waals surface area (Å²) in [5.41, 5.74) is 1.46. The van der Waals surface area contributed by atoms with Crippen LogP contribution in [0.4, 0.5) is 0 Å². The van der Waals surface area contributed by atoms with Crippen LogP contribution in [0.15, 0.2) is 36.4 Å². The number of rotatable bonds is 4. The van der Waals surface area contributed by atoms with Crippen LogP contribution >= 0.6 is 0 Å². The topological polar surface area (TPSA) is 21.3 Å². The Morgan fingerprint density at radius 1 is 1.00 bits per heavy atom. The highest BCUT2D eigenvalue weighted by atomic mass is 16.5. The third-order valence-electron chi connectivity index (χ3n) is 4.20. The first-order valence-electron chi connectivity index (χ1n) is 6.90. The van der Waals surface area contributed by atoms with Crippen LogP contribution in [-0.4, -0.2) is 19.2 Å². The number of nitrogens with one attached hydrogen (secondary N) is 1. The van der Waals surface area contributed by atoms with Gasteiger partial charge in [0.05, 0.1) is 7.11 Å². The first kappa shape index (κ1) is 11.8. The Balaban J connectivity index is 1.48. The standard InChI is InChI=1S/C16H21NO/c1-18-16-8-6-12(7-9-16)13-10-15(11-13)17-14-4-2-3-5-14/h2-3,6-9,13-15,17H,4-5,10-11H2,1H3. The lowest BCUT2D eigenvalue weighted by atomic mass is 9.75. The van der Waals surface area contributed by atoms with E-state index in [9.17, 15) is 0 Å². The molecule has 1 N–H and O–H groups in total. The quantitative estimate of drug-likeness (QED) is 0.820. The summed E-state index contributed by atoms with van der Waals surface area (Å²) in [5, 5.41) is 3.75. The molecule has 0 amide bonds. The summed E-state index contributed by atoms with van der Waals surface area (Å²) in [7, 11) is 1.72. The molecule has 2 heteroatoms. The first-order chi connectivity index (χ1) is 8.85. The van der Waals surface area contributed by atoms with Gasteiger partial charge in [0, 0.05) is 12.1 Å². The van der Waals surface area contributed by atoms with E-state index >= 15 is 0 Å². The van der Waals surface area contributed by atoms with Crippen LogP contribution in [0.2, 0.25) is 0 Å². The van der Waals surface area contributed by atoms with Crippen LogP contribution in [0, 0.1) is 0 Å². The Hall–Kier alpha value is -1.28. The summed E-state index contributed by atoms with van der Waals surface area (Å²) in [6.07, 6.45) is 9.56. The third kappa shape index (κ3) is 2.44. The predicted molar refractivity (Wildman–Crippen MR) is 74.1 cm³/mol. The average molecular weight is 243 g/mol. The highest BCUT2D eigenvalue weighted by molar-refractivity contribution is 5.31. The molecule has 0 unspecified atom stereocenters. The average Bonchev–Trinajstić information content (AvgIpc) is 2.86. The lowest BCUT2D eigenvalue weighted by Gasteiger charge is -2.38. The molecule has 0 aliphatic heterocycles. The lowest BCUT2D eigenvalue weighted by molar-refractivity contribution is 0.267. The highest BCUT2D eigenvalue weighted by Crippen LogP contribution is 2.38. The van der Waals surface area contributed by atoms with Gasteiger partial charge in [0.2, 0.25) is 0 Å². The van der Waals surface area contributed by atoms with Gasteiger partial charge < -0.3 is 10.1 Å². The maximum atomic E-state index is 5.19. The monoisotopic (exact) mass is 243 g/mol. The number of benzene rings is 1. The number of methoxy groups -OCH3 is 1. The van der Waals surface area contributed by atoms with E-state index in [4.69, 9.17) is 4.74 Å². The van der Waals surface area contributed by atoms with Crippen LogP contribution in [-0.2, 0) is 0 Å². The van der Waals surface area contributed by atoms with Gasteiger partial charge >= 0.3 is 0 Å². The number of ether oxygens (including phenoxy) is 1. The van der Waals surface area contributed by atoms with Gasteiger partial charge in [-0.05, 0) is 49.3 Å². The van der Waals surface area contributed by atoms with E-state index in [-0.39, 0.29) is 0 Å². The largest absolute Gasteiger partial charge is 0.497 e. The van der Waals surface area contributed by atoms with Crippen LogP contribution in [0.3, 0.4) is 0 Å². The maximum Gasteiger partial charge on any atom is 0.118 e. The zero-order valence-corrected chi connectivity index (χ0v) is 10.9. The maximum absolute atomic E-state index is 5.19. The summed E-state index contributed by atoms with van der Waals surface area (Å²) in [5.74, 6) is 1.69. The predicted octanol–water partition coefficient (Wildman–Crippen LogP) is 3.25. The van der Waals surface area contributed by atoms with Crippen molar-refractivity contribution in [1.29, 1.82) is 0 Å². The Morgan fingerprint density at radius 2 is 1.67 bits per heavy atom. The second-order valence-electron chi connectivity index (χ2n) is 5.44. The molecule has 1 aromatic rings. The van der Waals surface area contributed by atoms with Crippen molar-refractivity contribution in [3.8, 4) is 5.75 Å². The molecular weight excluding hydrogens is 222 g/mol. The fourth-order valence-electron chi connectivity index (χ4n) is 2.99. The fraction of sp³-hybridized carbons (Fsp3) is 0.500. The SMILES string of the molecule is COc1ccc(C2CC(NC3CC=CC3)C2)cc1. The third-order valence-corrected chi connectivity index (χ3v) is 4.20. The van der Waals surface area contributed by atoms with Gasteiger partial charge in [0.25, 0.3) is 0 Å². The van der Waals surface area contributed by atoms with Crippen LogP contribution < -0.4 is 10.1 Å². The summed E-state index contributed by atoms with van der Waals surface area (Å²) >= 11 is 0. The molecule has 0 saturated heterocycles. The van der Waals surface area contributed by atoms with Crippen molar-refractivity contribution in [2.45, 2.75) is 43.7 Å². The van der Waals surface area contributed by atoms with E-state index in [0.717, 1.165) is 17.7 Å². The summed E-state index contributed by atoms with van der Waals surface area (Å²) < 4.78 is 5.19. The van der Waals surface area contributed by atoms with Crippen LogP contribution in [0.5, 0.6) is 5.75 Å². The smallest absolute Gasteiger partial charge is 0.118 e. The molecule has 2 nitrogen and oxygen atoms in total. The molecule has 0 spiro atoms. The molecule has 0 atom stereocenters. The minimum atomic E-state index is 0.701. The molecule has 2 aliphatic rings. The van der Waals surface area contributed by atoms with Crippen molar-refractivity contribution >= 4 is 0 Å². The van der Waals surface area contributed by atoms with E-state index < -0.39 is 0 Å². The molecule has 3 rings (SSSR count). The van der Waals surface area contributed by atoms with E-state index in [1.165, 1.54) is 31.2 Å². The minimum Gasteiger partial charge on any atom is -0.497 e. The first-order valence-corrected chi connectivity index (χ1v) is 6.90. The van der Waals surface area contributed by atoms with E-state index in [0.29, 0.717) is 6.04 Å². The van der Waals surface area contributed by atoms with Crippen molar-refractivity contribution in [2.24, 2.45) is 0 Å². The van der Waals surface area contributed by atoms with Crippen LogP contribution in [0.1, 0.15) is 37.2 Å². The molecule has 96 valence electrons. The van der Waals surface area contributed by atoms with Gasteiger partial charge in [-0.2, -0.15) is 0 Å². The van der Waals surface area contributed by atoms with E-state index in [1.807, 2.05) is 0 Å². The Morgan fingerprint density at radius 3 is 2.28 bits per heavy atom. The Kier molecular flexibility index (Phi) is 3.37. The van der Waals surface area contributed by atoms with Crippen molar-refractivity contribution < 1.29 is 4.74 Å². The van der Waals surface area contributed by atoms with Crippen molar-refractivity contribution in [2.75, 3.05) is 7.11 Å². The molecule has 2 aliphatic carbocycles.